The van der Waals surface area contributed by atoms with E-state index in [1.54, 1.807) is 6.92 Å². The van der Waals surface area contributed by atoms with Crippen molar-refractivity contribution in [3.05, 3.63) is 35.4 Å². The van der Waals surface area contributed by atoms with E-state index in [1.807, 2.05) is 5.48 Å². The second kappa shape index (κ2) is 6.27. The first-order valence-electron chi connectivity index (χ1n) is 5.10. The van der Waals surface area contributed by atoms with Gasteiger partial charge in [0.2, 0.25) is 0 Å². The smallest absolute Gasteiger partial charge is 0.277 e. The minimum atomic E-state index is -1.23. The monoisotopic (exact) mass is 245 g/mol. The Morgan fingerprint density at radius 3 is 2.88 bits per heavy atom. The summed E-state index contributed by atoms with van der Waals surface area (Å²) in [5.74, 6) is -3.24. The van der Waals surface area contributed by atoms with Gasteiger partial charge in [-0.1, -0.05) is 13.0 Å². The van der Waals surface area contributed by atoms with Gasteiger partial charge in [0, 0.05) is 0 Å². The third-order valence-electron chi connectivity index (χ3n) is 2.11. The largest absolute Gasteiger partial charge is 0.391 e. The molecule has 0 aliphatic heterocycles. The van der Waals surface area contributed by atoms with Crippen molar-refractivity contribution >= 4 is 5.91 Å². The molecule has 0 bridgehead atoms. The van der Waals surface area contributed by atoms with Crippen LogP contribution in [0.25, 0.3) is 0 Å². The lowest BCUT2D eigenvalue weighted by molar-refractivity contribution is -0.0135. The maximum absolute atomic E-state index is 13.2. The van der Waals surface area contributed by atoms with Gasteiger partial charge >= 0.3 is 0 Å². The van der Waals surface area contributed by atoms with Gasteiger partial charge in [-0.2, -0.15) is 0 Å². The standard InChI is InChI=1S/C11H13F2NO3/c1-2-7(15)6-17-14-11(16)8-4-3-5-9(12)10(8)13/h3-5,7,15H,2,6H2,1H3,(H,14,16). The average Bonchev–Trinajstić information content (AvgIpc) is 2.32. The molecule has 1 aromatic rings. The molecule has 2 N–H and O–H groups in total. The lowest BCUT2D eigenvalue weighted by atomic mass is 10.2. The van der Waals surface area contributed by atoms with Crippen LogP contribution in [-0.4, -0.2) is 23.7 Å². The van der Waals surface area contributed by atoms with E-state index in [2.05, 4.69) is 4.84 Å². The van der Waals surface area contributed by atoms with Crippen molar-refractivity contribution in [2.75, 3.05) is 6.61 Å². The van der Waals surface area contributed by atoms with Crippen LogP contribution in [0.3, 0.4) is 0 Å². The van der Waals surface area contributed by atoms with E-state index in [1.165, 1.54) is 6.07 Å². The Bertz CT molecular complexity index is 398. The molecule has 0 spiro atoms. The predicted octanol–water partition coefficient (Wildman–Crippen LogP) is 1.40. The number of halogens is 2. The van der Waals surface area contributed by atoms with Gasteiger partial charge in [0.15, 0.2) is 11.6 Å². The lowest BCUT2D eigenvalue weighted by Gasteiger charge is -2.09. The molecular weight excluding hydrogens is 232 g/mol. The second-order valence-corrected chi connectivity index (χ2v) is 3.41. The van der Waals surface area contributed by atoms with Crippen LogP contribution in [0.1, 0.15) is 23.7 Å². The summed E-state index contributed by atoms with van der Waals surface area (Å²) in [6.45, 7) is 1.63. The first-order chi connectivity index (χ1) is 8.06. The quantitative estimate of drug-likeness (QED) is 0.771. The Labute approximate surface area is 97.2 Å². The molecule has 6 heteroatoms. The Hall–Kier alpha value is -1.53. The first kappa shape index (κ1) is 13.5. The molecular formula is C11H13F2NO3. The molecule has 0 fully saturated rings. The van der Waals surface area contributed by atoms with Gasteiger partial charge in [0.25, 0.3) is 5.91 Å². The van der Waals surface area contributed by atoms with Crippen LogP contribution in [0.2, 0.25) is 0 Å². The SMILES string of the molecule is CCC(O)CONC(=O)c1cccc(F)c1F. The van der Waals surface area contributed by atoms with Gasteiger partial charge < -0.3 is 5.11 Å². The fourth-order valence-electron chi connectivity index (χ4n) is 1.06. The number of carbonyl (C=O) groups excluding carboxylic acids is 1. The highest BCUT2D eigenvalue weighted by atomic mass is 19.2. The van der Waals surface area contributed by atoms with Crippen LogP contribution in [0.5, 0.6) is 0 Å². The van der Waals surface area contributed by atoms with Crippen LogP contribution in [-0.2, 0) is 4.84 Å². The molecule has 17 heavy (non-hydrogen) atoms. The van der Waals surface area contributed by atoms with E-state index < -0.39 is 29.2 Å². The van der Waals surface area contributed by atoms with Crippen LogP contribution < -0.4 is 5.48 Å². The third kappa shape index (κ3) is 3.76. The second-order valence-electron chi connectivity index (χ2n) is 3.41. The molecule has 1 unspecified atom stereocenters. The fourth-order valence-corrected chi connectivity index (χ4v) is 1.06. The van der Waals surface area contributed by atoms with E-state index in [9.17, 15) is 13.6 Å². The molecule has 0 aliphatic rings. The number of aliphatic hydroxyl groups excluding tert-OH is 1. The van der Waals surface area contributed by atoms with Crippen molar-refractivity contribution in [2.24, 2.45) is 0 Å². The zero-order chi connectivity index (χ0) is 12.8. The number of nitrogens with one attached hydrogen (secondary N) is 1. The van der Waals surface area contributed by atoms with Crippen molar-refractivity contribution in [1.82, 2.24) is 5.48 Å². The molecule has 0 saturated heterocycles. The highest BCUT2D eigenvalue weighted by Gasteiger charge is 2.15. The molecule has 94 valence electrons. The summed E-state index contributed by atoms with van der Waals surface area (Å²) < 4.78 is 26.0. The van der Waals surface area contributed by atoms with E-state index >= 15 is 0 Å². The summed E-state index contributed by atoms with van der Waals surface area (Å²) in [5.41, 5.74) is 1.48. The minimum Gasteiger partial charge on any atom is -0.391 e. The number of aliphatic hydroxyl groups is 1. The third-order valence-corrected chi connectivity index (χ3v) is 2.11. The maximum Gasteiger partial charge on any atom is 0.277 e. The Kier molecular flexibility index (Phi) is 4.99. The van der Waals surface area contributed by atoms with Crippen LogP contribution in [0.15, 0.2) is 18.2 Å². The van der Waals surface area contributed by atoms with Crippen molar-refractivity contribution in [3.8, 4) is 0 Å². The summed E-state index contributed by atoms with van der Waals surface area (Å²) in [5, 5.41) is 9.13. The van der Waals surface area contributed by atoms with Crippen molar-refractivity contribution in [2.45, 2.75) is 19.4 Å². The van der Waals surface area contributed by atoms with E-state index in [0.29, 0.717) is 6.42 Å². The number of hydrogen-bond acceptors (Lipinski definition) is 3. The molecule has 0 aliphatic carbocycles. The Balaban J connectivity index is 2.56. The average molecular weight is 245 g/mol. The number of hydroxylamine groups is 1. The minimum absolute atomic E-state index is 0.112. The van der Waals surface area contributed by atoms with Crippen molar-refractivity contribution in [1.29, 1.82) is 0 Å². The van der Waals surface area contributed by atoms with Gasteiger partial charge in [-0.25, -0.2) is 14.3 Å². The van der Waals surface area contributed by atoms with Gasteiger partial charge in [0.05, 0.1) is 11.7 Å². The summed E-state index contributed by atoms with van der Waals surface area (Å²) in [7, 11) is 0. The first-order valence-corrected chi connectivity index (χ1v) is 5.10. The van der Waals surface area contributed by atoms with E-state index in [-0.39, 0.29) is 6.61 Å². The summed E-state index contributed by atoms with van der Waals surface area (Å²) in [6.07, 6.45) is -0.253. The number of rotatable bonds is 5. The molecule has 1 rings (SSSR count). The zero-order valence-electron chi connectivity index (χ0n) is 9.24. The van der Waals surface area contributed by atoms with Gasteiger partial charge in [-0.15, -0.1) is 0 Å². The summed E-state index contributed by atoms with van der Waals surface area (Å²) in [4.78, 5) is 16.0. The maximum atomic E-state index is 13.2. The highest BCUT2D eigenvalue weighted by Crippen LogP contribution is 2.10. The van der Waals surface area contributed by atoms with Gasteiger partial charge in [0.1, 0.15) is 6.61 Å². The number of carbonyl (C=O) groups is 1. The molecule has 0 radical (unpaired) electrons. The molecule has 0 saturated carbocycles. The van der Waals surface area contributed by atoms with Crippen molar-refractivity contribution < 1.29 is 23.5 Å². The zero-order valence-corrected chi connectivity index (χ0v) is 9.24. The van der Waals surface area contributed by atoms with Gasteiger partial charge in [-0.3, -0.25) is 9.63 Å². The topological polar surface area (TPSA) is 58.6 Å². The summed E-state index contributed by atoms with van der Waals surface area (Å²) >= 11 is 0. The van der Waals surface area contributed by atoms with Crippen LogP contribution >= 0.6 is 0 Å². The lowest BCUT2D eigenvalue weighted by Crippen LogP contribution is -2.29. The van der Waals surface area contributed by atoms with E-state index in [0.717, 1.165) is 12.1 Å². The Morgan fingerprint density at radius 2 is 2.24 bits per heavy atom. The number of benzene rings is 1. The molecule has 0 aromatic heterocycles. The predicted molar refractivity (Wildman–Crippen MR) is 56.1 cm³/mol. The van der Waals surface area contributed by atoms with E-state index in [4.69, 9.17) is 5.11 Å². The number of amides is 1. The van der Waals surface area contributed by atoms with Crippen molar-refractivity contribution in [3.63, 3.8) is 0 Å². The molecule has 0 heterocycles. The van der Waals surface area contributed by atoms with Crippen LogP contribution in [0.4, 0.5) is 8.78 Å². The molecule has 1 amide bonds. The molecule has 1 atom stereocenters. The highest BCUT2D eigenvalue weighted by molar-refractivity contribution is 5.93. The summed E-state index contributed by atoms with van der Waals surface area (Å²) in [6, 6.07) is 3.26. The number of hydrogen-bond donors (Lipinski definition) is 2. The molecule has 4 nitrogen and oxygen atoms in total. The fraction of sp³-hybridized carbons (Fsp3) is 0.364. The molecule has 1 aromatic carbocycles. The van der Waals surface area contributed by atoms with Gasteiger partial charge in [-0.05, 0) is 18.6 Å². The normalized spacial score (nSPS) is 12.2. The van der Waals surface area contributed by atoms with Crippen LogP contribution in [0, 0.1) is 11.6 Å². The Morgan fingerprint density at radius 1 is 1.53 bits per heavy atom.